The number of hydrogen-bond acceptors (Lipinski definition) is 1. The van der Waals surface area contributed by atoms with E-state index < -0.39 is 0 Å². The summed E-state index contributed by atoms with van der Waals surface area (Å²) in [6, 6.07) is 19.0. The highest BCUT2D eigenvalue weighted by Gasteiger charge is 2.11. The van der Waals surface area contributed by atoms with E-state index in [1.165, 1.54) is 21.9 Å². The molecule has 0 aliphatic heterocycles. The van der Waals surface area contributed by atoms with Crippen LogP contribution in [-0.2, 0) is 0 Å². The Hall–Kier alpha value is -2.61. The molecule has 0 unspecified atom stereocenters. The highest BCUT2D eigenvalue weighted by molar-refractivity contribution is 5.97. The second-order valence-corrected chi connectivity index (χ2v) is 5.56. The molecule has 0 amide bonds. The fraction of sp³-hybridized carbons (Fsp3) is 0.105. The molecular weight excluding hydrogens is 256 g/mol. The molecule has 102 valence electrons. The molecule has 0 radical (unpaired) electrons. The third kappa shape index (κ3) is 1.91. The second kappa shape index (κ2) is 4.45. The molecular formula is C19H16N2. The van der Waals surface area contributed by atoms with Crippen LogP contribution in [0, 0.1) is 13.8 Å². The molecule has 4 aromatic rings. The van der Waals surface area contributed by atoms with E-state index in [9.17, 15) is 0 Å². The predicted molar refractivity (Wildman–Crippen MR) is 88.5 cm³/mol. The number of hydrogen-bond donors (Lipinski definition) is 1. The van der Waals surface area contributed by atoms with Crippen LogP contribution in [0.3, 0.4) is 0 Å². The Bertz CT molecular complexity index is 964. The quantitative estimate of drug-likeness (QED) is 0.519. The highest BCUT2D eigenvalue weighted by atomic mass is 14.8. The molecule has 2 heterocycles. The molecule has 2 aromatic carbocycles. The Balaban J connectivity index is 2.00. The van der Waals surface area contributed by atoms with Crippen LogP contribution in [0.5, 0.6) is 0 Å². The lowest BCUT2D eigenvalue weighted by Gasteiger charge is -2.04. The maximum absolute atomic E-state index is 4.85. The van der Waals surface area contributed by atoms with Crippen molar-refractivity contribution in [1.82, 2.24) is 9.97 Å². The van der Waals surface area contributed by atoms with Crippen LogP contribution in [0.25, 0.3) is 33.1 Å². The number of para-hydroxylation sites is 1. The Morgan fingerprint density at radius 3 is 2.67 bits per heavy atom. The molecule has 0 spiro atoms. The Morgan fingerprint density at radius 2 is 1.76 bits per heavy atom. The van der Waals surface area contributed by atoms with Gasteiger partial charge in [-0.1, -0.05) is 35.9 Å². The Kier molecular flexibility index (Phi) is 2.58. The van der Waals surface area contributed by atoms with E-state index in [0.717, 1.165) is 22.4 Å². The van der Waals surface area contributed by atoms with E-state index in [4.69, 9.17) is 4.98 Å². The first kappa shape index (κ1) is 12.2. The first-order valence-corrected chi connectivity index (χ1v) is 7.17. The van der Waals surface area contributed by atoms with E-state index >= 15 is 0 Å². The summed E-state index contributed by atoms with van der Waals surface area (Å²) < 4.78 is 0. The molecule has 0 bridgehead atoms. The van der Waals surface area contributed by atoms with E-state index in [1.54, 1.807) is 0 Å². The molecule has 2 aromatic heterocycles. The number of fused-ring (bicyclic) bond motifs is 2. The van der Waals surface area contributed by atoms with Crippen LogP contribution in [0.15, 0.2) is 54.6 Å². The van der Waals surface area contributed by atoms with Crippen LogP contribution in [-0.4, -0.2) is 9.97 Å². The van der Waals surface area contributed by atoms with Crippen molar-refractivity contribution in [2.75, 3.05) is 0 Å². The van der Waals surface area contributed by atoms with Gasteiger partial charge in [0.05, 0.1) is 11.2 Å². The maximum atomic E-state index is 4.85. The fourth-order valence-electron chi connectivity index (χ4n) is 2.99. The average Bonchev–Trinajstić information content (AvgIpc) is 2.82. The van der Waals surface area contributed by atoms with Gasteiger partial charge >= 0.3 is 0 Å². The molecule has 0 aliphatic rings. The number of benzene rings is 2. The van der Waals surface area contributed by atoms with E-state index in [-0.39, 0.29) is 0 Å². The molecule has 0 saturated carbocycles. The van der Waals surface area contributed by atoms with Gasteiger partial charge in [-0.2, -0.15) is 0 Å². The van der Waals surface area contributed by atoms with Crippen LogP contribution in [0.2, 0.25) is 0 Å². The molecule has 0 atom stereocenters. The lowest BCUT2D eigenvalue weighted by atomic mass is 10.1. The van der Waals surface area contributed by atoms with Gasteiger partial charge in [-0.15, -0.1) is 0 Å². The van der Waals surface area contributed by atoms with Gasteiger partial charge in [-0.05, 0) is 38.1 Å². The van der Waals surface area contributed by atoms with Crippen molar-refractivity contribution < 1.29 is 0 Å². The largest absolute Gasteiger partial charge is 0.358 e. The molecule has 1 N–H and O–H groups in total. The summed E-state index contributed by atoms with van der Waals surface area (Å²) in [5, 5.41) is 2.42. The smallest absolute Gasteiger partial charge is 0.0733 e. The van der Waals surface area contributed by atoms with Crippen LogP contribution in [0.1, 0.15) is 11.3 Å². The molecule has 0 saturated heterocycles. The monoisotopic (exact) mass is 272 g/mol. The predicted octanol–water partition coefficient (Wildman–Crippen LogP) is 5.00. The van der Waals surface area contributed by atoms with Gasteiger partial charge in [0.2, 0.25) is 0 Å². The average molecular weight is 272 g/mol. The summed E-state index contributed by atoms with van der Waals surface area (Å²) in [5.41, 5.74) is 6.86. The Labute approximate surface area is 123 Å². The van der Waals surface area contributed by atoms with Crippen molar-refractivity contribution in [2.45, 2.75) is 13.8 Å². The molecule has 0 fully saturated rings. The number of nitrogens with one attached hydrogen (secondary N) is 1. The zero-order chi connectivity index (χ0) is 14.4. The normalized spacial score (nSPS) is 11.3. The van der Waals surface area contributed by atoms with Crippen molar-refractivity contribution in [1.29, 1.82) is 0 Å². The van der Waals surface area contributed by atoms with E-state index in [1.807, 2.05) is 0 Å². The van der Waals surface area contributed by atoms with Crippen LogP contribution >= 0.6 is 0 Å². The summed E-state index contributed by atoms with van der Waals surface area (Å²) in [6.07, 6.45) is 0. The number of rotatable bonds is 1. The summed E-state index contributed by atoms with van der Waals surface area (Å²) in [7, 11) is 0. The zero-order valence-corrected chi connectivity index (χ0v) is 12.1. The standard InChI is InChI=1S/C19H16N2/c1-12-7-9-16-14(11-12)8-10-18(21-16)19-13(2)20-17-6-4-3-5-15(17)19/h3-11,20H,1-2H3. The van der Waals surface area contributed by atoms with Crippen LogP contribution in [0.4, 0.5) is 0 Å². The minimum Gasteiger partial charge on any atom is -0.358 e. The second-order valence-electron chi connectivity index (χ2n) is 5.56. The summed E-state index contributed by atoms with van der Waals surface area (Å²) in [5.74, 6) is 0. The van der Waals surface area contributed by atoms with Crippen molar-refractivity contribution in [3.8, 4) is 11.3 Å². The van der Waals surface area contributed by atoms with Gasteiger partial charge in [0.25, 0.3) is 0 Å². The van der Waals surface area contributed by atoms with Crippen molar-refractivity contribution >= 4 is 21.8 Å². The molecule has 21 heavy (non-hydrogen) atoms. The van der Waals surface area contributed by atoms with Gasteiger partial charge in [0.15, 0.2) is 0 Å². The van der Waals surface area contributed by atoms with Crippen molar-refractivity contribution in [2.24, 2.45) is 0 Å². The number of aryl methyl sites for hydroxylation is 2. The number of H-pyrrole nitrogens is 1. The number of aromatic nitrogens is 2. The van der Waals surface area contributed by atoms with Gasteiger partial charge in [-0.3, -0.25) is 0 Å². The highest BCUT2D eigenvalue weighted by Crippen LogP contribution is 2.31. The van der Waals surface area contributed by atoms with Crippen molar-refractivity contribution in [3.63, 3.8) is 0 Å². The molecule has 0 aliphatic carbocycles. The number of aromatic amines is 1. The fourth-order valence-corrected chi connectivity index (χ4v) is 2.99. The van der Waals surface area contributed by atoms with Gasteiger partial charge in [-0.25, -0.2) is 4.98 Å². The number of nitrogens with zero attached hydrogens (tertiary/aromatic N) is 1. The van der Waals surface area contributed by atoms with Crippen molar-refractivity contribution in [3.05, 3.63) is 65.9 Å². The van der Waals surface area contributed by atoms with Gasteiger partial charge in [0.1, 0.15) is 0 Å². The molecule has 2 heteroatoms. The molecule has 2 nitrogen and oxygen atoms in total. The minimum atomic E-state index is 1.03. The summed E-state index contributed by atoms with van der Waals surface area (Å²) in [4.78, 5) is 8.29. The first-order chi connectivity index (χ1) is 10.2. The van der Waals surface area contributed by atoms with Gasteiger partial charge < -0.3 is 4.98 Å². The third-order valence-corrected chi connectivity index (χ3v) is 3.99. The minimum absolute atomic E-state index is 1.03. The van der Waals surface area contributed by atoms with Gasteiger partial charge in [0, 0.05) is 27.5 Å². The topological polar surface area (TPSA) is 28.7 Å². The van der Waals surface area contributed by atoms with E-state index in [2.05, 4.69) is 73.4 Å². The lowest BCUT2D eigenvalue weighted by molar-refractivity contribution is 1.28. The van der Waals surface area contributed by atoms with Crippen LogP contribution < -0.4 is 0 Å². The maximum Gasteiger partial charge on any atom is 0.0733 e. The summed E-state index contributed by atoms with van der Waals surface area (Å²) in [6.45, 7) is 4.22. The molecule has 4 rings (SSSR count). The van der Waals surface area contributed by atoms with E-state index in [0.29, 0.717) is 0 Å². The lowest BCUT2D eigenvalue weighted by Crippen LogP contribution is -1.87. The summed E-state index contributed by atoms with van der Waals surface area (Å²) >= 11 is 0. The first-order valence-electron chi connectivity index (χ1n) is 7.17. The number of pyridine rings is 1. The SMILES string of the molecule is Cc1ccc2nc(-c3c(C)[nH]c4ccccc34)ccc2c1. The third-order valence-electron chi connectivity index (χ3n) is 3.99. The Morgan fingerprint density at radius 1 is 0.905 bits per heavy atom. The zero-order valence-electron chi connectivity index (χ0n) is 12.1.